The van der Waals surface area contributed by atoms with E-state index >= 15 is 0 Å². The quantitative estimate of drug-likeness (QED) is 0.0937. The van der Waals surface area contributed by atoms with Gasteiger partial charge in [0.1, 0.15) is 0 Å². The first-order valence-electron chi connectivity index (χ1n) is 15.8. The van der Waals surface area contributed by atoms with E-state index in [4.69, 9.17) is 9.47 Å². The summed E-state index contributed by atoms with van der Waals surface area (Å²) in [4.78, 5) is 2.36. The van der Waals surface area contributed by atoms with Gasteiger partial charge in [0.05, 0.1) is 30.5 Å². The minimum absolute atomic E-state index is 0.714. The Morgan fingerprint density at radius 2 is 0.810 bits per heavy atom. The van der Waals surface area contributed by atoms with Crippen molar-refractivity contribution in [3.05, 3.63) is 40.8 Å². The van der Waals surface area contributed by atoms with Crippen molar-refractivity contribution >= 4 is 86.4 Å². The van der Waals surface area contributed by atoms with Crippen molar-refractivity contribution < 1.29 is 9.47 Å². The van der Waals surface area contributed by atoms with Crippen molar-refractivity contribution in [3.8, 4) is 32.4 Å². The normalized spacial score (nSPS) is 11.4. The lowest BCUT2D eigenvalue weighted by molar-refractivity contribution is 0.258. The zero-order chi connectivity index (χ0) is 30.2. The predicted molar refractivity (Wildman–Crippen MR) is 200 cm³/mol. The average molecular weight is 870 g/mol. The highest BCUT2D eigenvalue weighted by Crippen LogP contribution is 2.50. The van der Waals surface area contributed by atoms with Crippen LogP contribution in [0.15, 0.2) is 40.8 Å². The topological polar surface area (TPSA) is 18.5 Å². The Hall–Kier alpha value is 0.140. The summed E-state index contributed by atoms with van der Waals surface area (Å²) in [7, 11) is 0. The Balaban J connectivity index is 1.75. The monoisotopic (exact) mass is 866 g/mol. The van der Waals surface area contributed by atoms with Gasteiger partial charge in [0.25, 0.3) is 0 Å². The van der Waals surface area contributed by atoms with Crippen LogP contribution >= 0.6 is 86.4 Å². The molecule has 0 amide bonds. The molecule has 3 rings (SSSR count). The van der Waals surface area contributed by atoms with Crippen LogP contribution < -0.4 is 9.47 Å². The molecule has 0 aliphatic rings. The summed E-state index contributed by atoms with van der Waals surface area (Å²) in [5.41, 5.74) is 2.30. The summed E-state index contributed by atoms with van der Waals surface area (Å²) in [6.45, 7) is 5.98. The predicted octanol–water partition coefficient (Wildman–Crippen LogP) is 15.2. The van der Waals surface area contributed by atoms with Crippen LogP contribution in [-0.4, -0.2) is 13.2 Å². The molecule has 0 bridgehead atoms. The molecule has 0 fully saturated rings. The van der Waals surface area contributed by atoms with E-state index in [0.29, 0.717) is 13.2 Å². The maximum absolute atomic E-state index is 6.49. The Morgan fingerprint density at radius 1 is 0.476 bits per heavy atom. The van der Waals surface area contributed by atoms with E-state index < -0.39 is 0 Å². The molecule has 1 aromatic carbocycles. The second-order valence-corrected chi connectivity index (χ2v) is 17.5. The Bertz CT molecular complexity index is 1100. The van der Waals surface area contributed by atoms with Gasteiger partial charge >= 0.3 is 0 Å². The van der Waals surface area contributed by atoms with Crippen LogP contribution in [0.4, 0.5) is 0 Å². The van der Waals surface area contributed by atoms with Crippen molar-refractivity contribution in [3.63, 3.8) is 0 Å². The van der Waals surface area contributed by atoms with Gasteiger partial charge in [-0.15, -0.1) is 22.7 Å². The van der Waals surface area contributed by atoms with Crippen molar-refractivity contribution in [1.29, 1.82) is 0 Å². The van der Waals surface area contributed by atoms with Crippen LogP contribution in [0.5, 0.6) is 11.5 Å². The highest BCUT2D eigenvalue weighted by atomic mass is 79.9. The number of thiophene rings is 2. The molecule has 0 aliphatic carbocycles. The zero-order valence-corrected chi connectivity index (χ0v) is 33.2. The fourth-order valence-corrected chi connectivity index (χ4v) is 10.4. The van der Waals surface area contributed by atoms with Crippen molar-refractivity contribution in [1.82, 2.24) is 0 Å². The molecule has 0 aliphatic heterocycles. The largest absolute Gasteiger partial charge is 0.490 e. The second kappa shape index (κ2) is 21.0. The fraction of sp³-hybridized carbons (Fsp3) is 0.588. The van der Waals surface area contributed by atoms with E-state index in [1.54, 1.807) is 22.7 Å². The van der Waals surface area contributed by atoms with Crippen LogP contribution in [0.1, 0.15) is 117 Å². The maximum Gasteiger partial charge on any atom is 0.161 e. The summed E-state index contributed by atoms with van der Waals surface area (Å²) in [6, 6.07) is 8.65. The highest BCUT2D eigenvalue weighted by molar-refractivity contribution is 9.12. The number of ether oxygens (including phenoxy) is 2. The van der Waals surface area contributed by atoms with E-state index in [9.17, 15) is 0 Å². The number of hydrogen-bond donors (Lipinski definition) is 0. The molecule has 2 nitrogen and oxygen atoms in total. The molecule has 3 aromatic rings. The summed E-state index contributed by atoms with van der Waals surface area (Å²) >= 11 is 18.5. The first kappa shape index (κ1) is 36.6. The molecule has 0 spiro atoms. The van der Waals surface area contributed by atoms with Crippen molar-refractivity contribution in [2.45, 2.75) is 117 Å². The second-order valence-electron chi connectivity index (χ2n) is 10.9. The van der Waals surface area contributed by atoms with Gasteiger partial charge in [0, 0.05) is 20.1 Å². The van der Waals surface area contributed by atoms with Gasteiger partial charge in [-0.1, -0.05) is 104 Å². The third kappa shape index (κ3) is 12.5. The van der Waals surface area contributed by atoms with Gasteiger partial charge in [-0.2, -0.15) is 0 Å². The summed E-state index contributed by atoms with van der Waals surface area (Å²) < 4.78 is 17.3. The Morgan fingerprint density at radius 3 is 1.12 bits per heavy atom. The summed E-state index contributed by atoms with van der Waals surface area (Å²) in [5.74, 6) is 1.69. The number of benzene rings is 1. The number of halogens is 4. The summed E-state index contributed by atoms with van der Waals surface area (Å²) in [6.07, 6.45) is 20.6. The van der Waals surface area contributed by atoms with Gasteiger partial charge < -0.3 is 9.47 Å². The molecule has 234 valence electrons. The van der Waals surface area contributed by atoms with Crippen LogP contribution in [-0.2, 0) is 0 Å². The number of hydrogen-bond acceptors (Lipinski definition) is 4. The minimum Gasteiger partial charge on any atom is -0.490 e. The average Bonchev–Trinajstić information content (AvgIpc) is 3.49. The lowest BCUT2D eigenvalue weighted by atomic mass is 10.0. The van der Waals surface area contributed by atoms with E-state index in [0.717, 1.165) is 52.0 Å². The van der Waals surface area contributed by atoms with E-state index in [1.807, 2.05) is 0 Å². The molecule has 0 radical (unpaired) electrons. The van der Waals surface area contributed by atoms with Gasteiger partial charge in [-0.05, 0) is 101 Å². The lowest BCUT2D eigenvalue weighted by Crippen LogP contribution is -2.04. The van der Waals surface area contributed by atoms with Gasteiger partial charge in [0.2, 0.25) is 0 Å². The molecular formula is C34H46Br4O2S2. The minimum atomic E-state index is 0.714. The molecule has 8 heteroatoms. The number of rotatable bonds is 22. The molecular weight excluding hydrogens is 824 g/mol. The van der Waals surface area contributed by atoms with Crippen LogP contribution in [0.2, 0.25) is 0 Å². The molecule has 42 heavy (non-hydrogen) atoms. The molecule has 0 N–H and O–H groups in total. The first-order chi connectivity index (χ1) is 20.4. The van der Waals surface area contributed by atoms with Gasteiger partial charge in [-0.25, -0.2) is 0 Å². The van der Waals surface area contributed by atoms with E-state index in [1.165, 1.54) is 99.6 Å². The molecule has 0 saturated heterocycles. The van der Waals surface area contributed by atoms with E-state index in [2.05, 4.69) is 102 Å². The van der Waals surface area contributed by atoms with Crippen LogP contribution in [0, 0.1) is 0 Å². The van der Waals surface area contributed by atoms with E-state index in [-0.39, 0.29) is 0 Å². The van der Waals surface area contributed by atoms with Crippen molar-refractivity contribution in [2.24, 2.45) is 0 Å². The maximum atomic E-state index is 6.49. The Kier molecular flexibility index (Phi) is 18.3. The molecule has 2 heterocycles. The fourth-order valence-electron chi connectivity index (χ4n) is 5.05. The highest BCUT2D eigenvalue weighted by Gasteiger charge is 2.21. The van der Waals surface area contributed by atoms with Crippen LogP contribution in [0.3, 0.4) is 0 Å². The van der Waals surface area contributed by atoms with Crippen LogP contribution in [0.25, 0.3) is 20.9 Å². The van der Waals surface area contributed by atoms with Gasteiger partial charge in [0.15, 0.2) is 11.5 Å². The summed E-state index contributed by atoms with van der Waals surface area (Å²) in [5, 5.41) is 0. The Labute approximate surface area is 296 Å². The zero-order valence-electron chi connectivity index (χ0n) is 25.2. The molecule has 2 aromatic heterocycles. The van der Waals surface area contributed by atoms with Crippen molar-refractivity contribution in [2.75, 3.05) is 13.2 Å². The first-order valence-corrected chi connectivity index (χ1v) is 20.6. The lowest BCUT2D eigenvalue weighted by Gasteiger charge is -2.18. The third-order valence-corrected chi connectivity index (χ3v) is 12.5. The van der Waals surface area contributed by atoms with Gasteiger partial charge in [-0.3, -0.25) is 0 Å². The molecule has 0 atom stereocenters. The standard InChI is InChI=1S/C34H46Br4O2S2/c1-3-5-7-9-11-13-15-17-19-39-29-21-25(33-27(35)23-31(37)41-33)26(34-28(36)24-32(38)42-34)22-30(29)40-20-18-16-14-12-10-8-6-4-2/h21-24H,3-20H2,1-2H3. The number of unbranched alkanes of at least 4 members (excludes halogenated alkanes) is 14. The third-order valence-electron chi connectivity index (χ3n) is 7.40. The smallest absolute Gasteiger partial charge is 0.161 e. The molecule has 0 saturated carbocycles. The SMILES string of the molecule is CCCCCCCCCCOc1cc(-c2sc(Br)cc2Br)c(-c2sc(Br)cc2Br)cc1OCCCCCCCCCC. The molecule has 0 unspecified atom stereocenters.